The fourth-order valence-corrected chi connectivity index (χ4v) is 3.40. The predicted molar refractivity (Wildman–Crippen MR) is 100 cm³/mol. The quantitative estimate of drug-likeness (QED) is 0.633. The number of hydrogen-bond acceptors (Lipinski definition) is 3. The normalized spacial score (nSPS) is 19.8. The topological polar surface area (TPSA) is 29.5 Å². The zero-order valence-corrected chi connectivity index (χ0v) is 15.1. The molecule has 0 bridgehead atoms. The van der Waals surface area contributed by atoms with Crippen LogP contribution in [0.15, 0.2) is 42.5 Å². The molecule has 8 heteroatoms. The lowest BCUT2D eigenvalue weighted by Gasteiger charge is -2.37. The molecule has 1 unspecified atom stereocenters. The van der Waals surface area contributed by atoms with Crippen LogP contribution in [0, 0.1) is 6.92 Å². The minimum absolute atomic E-state index is 0.0245. The molecule has 1 amide bonds. The molecule has 3 nitrogen and oxygen atoms in total. The average molecular weight is 379 g/mol. The van der Waals surface area contributed by atoms with Crippen molar-refractivity contribution in [3.63, 3.8) is 0 Å². The van der Waals surface area contributed by atoms with E-state index in [4.69, 9.17) is 0 Å². The van der Waals surface area contributed by atoms with E-state index in [0.717, 1.165) is 28.9 Å². The molecule has 1 aliphatic heterocycles. The third kappa shape index (κ3) is 3.85. The van der Waals surface area contributed by atoms with Gasteiger partial charge in [0.25, 0.3) is 5.91 Å². The molecule has 26 heavy (non-hydrogen) atoms. The van der Waals surface area contributed by atoms with Crippen molar-refractivity contribution in [2.24, 2.45) is 0 Å². The molecule has 2 aromatic rings. The maximum atomic E-state index is 12.9. The zero-order chi connectivity index (χ0) is 19.1. The molecule has 0 spiro atoms. The van der Waals surface area contributed by atoms with Crippen LogP contribution in [0.4, 0.5) is 18.9 Å². The van der Waals surface area contributed by atoms with Gasteiger partial charge >= 0.3 is 6.36 Å². The second kappa shape index (κ2) is 6.91. The molecule has 1 heterocycles. The van der Waals surface area contributed by atoms with Gasteiger partial charge in [0.05, 0.1) is 0 Å². The summed E-state index contributed by atoms with van der Waals surface area (Å²) < 4.78 is 40.6. The minimum Gasteiger partial charge on any atom is -0.406 e. The van der Waals surface area contributed by atoms with E-state index in [0.29, 0.717) is 12.1 Å². The van der Waals surface area contributed by atoms with Gasteiger partial charge in [-0.25, -0.2) is 0 Å². The lowest BCUT2D eigenvalue weighted by molar-refractivity contribution is -0.274. The number of aryl methyl sites for hydroxylation is 1. The summed E-state index contributed by atoms with van der Waals surface area (Å²) in [4.78, 5) is 14.6. The fraction of sp³-hybridized carbons (Fsp3) is 0.278. The van der Waals surface area contributed by atoms with Crippen LogP contribution in [0.1, 0.15) is 26.7 Å². The number of rotatable bonds is 2. The highest BCUT2D eigenvalue weighted by atomic mass is 32.1. The number of anilines is 1. The smallest absolute Gasteiger partial charge is 0.406 e. The van der Waals surface area contributed by atoms with E-state index >= 15 is 0 Å². The van der Waals surface area contributed by atoms with Gasteiger partial charge in [0.1, 0.15) is 13.6 Å². The molecule has 2 atom stereocenters. The summed E-state index contributed by atoms with van der Waals surface area (Å²) in [5, 5.41) is 0.0245. The summed E-state index contributed by atoms with van der Waals surface area (Å²) in [6.45, 7) is 2.47. The Morgan fingerprint density at radius 3 is 2.50 bits per heavy atom. The summed E-state index contributed by atoms with van der Waals surface area (Å²) in [6.07, 6.45) is -4.76. The van der Waals surface area contributed by atoms with Crippen LogP contribution in [0.25, 0.3) is 0 Å². The van der Waals surface area contributed by atoms with Crippen molar-refractivity contribution in [3.8, 4) is 5.75 Å². The largest absolute Gasteiger partial charge is 0.573 e. The first-order chi connectivity index (χ1) is 12.2. The van der Waals surface area contributed by atoms with Crippen molar-refractivity contribution in [2.45, 2.75) is 24.4 Å². The van der Waals surface area contributed by atoms with Crippen molar-refractivity contribution >= 4 is 32.1 Å². The van der Waals surface area contributed by atoms with Gasteiger partial charge in [-0.2, -0.15) is 12.6 Å². The third-order valence-corrected chi connectivity index (χ3v) is 5.17. The van der Waals surface area contributed by atoms with E-state index in [1.165, 1.54) is 12.1 Å². The van der Waals surface area contributed by atoms with Gasteiger partial charge in [-0.15, -0.1) is 13.2 Å². The van der Waals surface area contributed by atoms with E-state index in [9.17, 15) is 18.0 Å². The number of carbonyl (C=O) groups excluding carboxylic acids is 1. The first kappa shape index (κ1) is 18.7. The number of benzene rings is 2. The van der Waals surface area contributed by atoms with Crippen molar-refractivity contribution in [3.05, 3.63) is 59.2 Å². The van der Waals surface area contributed by atoms with Crippen LogP contribution in [0.2, 0.25) is 5.82 Å². The van der Waals surface area contributed by atoms with Crippen LogP contribution < -0.4 is 9.64 Å². The van der Waals surface area contributed by atoms with Crippen molar-refractivity contribution in [1.82, 2.24) is 0 Å². The van der Waals surface area contributed by atoms with Crippen LogP contribution >= 0.6 is 12.6 Å². The number of carbonyl (C=O) groups is 1. The molecule has 0 fully saturated rings. The standard InChI is InChI=1S/C18H17BF3NO2S/c1-10-2-7-15-13(8-10)16(26)14(19)9-23(15)17(24)11-3-5-12(6-4-11)25-18(20,21)22/h2-8,14,16,26H,9,19H2,1H3/t14?,16-/m0/s1. The van der Waals surface area contributed by atoms with Gasteiger partial charge in [-0.3, -0.25) is 4.79 Å². The third-order valence-electron chi connectivity index (χ3n) is 4.38. The molecule has 0 aromatic heterocycles. The molecular formula is C18H17BF3NO2S. The maximum absolute atomic E-state index is 12.9. The van der Waals surface area contributed by atoms with E-state index in [2.05, 4.69) is 17.4 Å². The number of hydrogen-bond donors (Lipinski definition) is 1. The lowest BCUT2D eigenvalue weighted by atomic mass is 9.77. The van der Waals surface area contributed by atoms with Crippen LogP contribution in [0.3, 0.4) is 0 Å². The number of nitrogens with zero attached hydrogens (tertiary/aromatic N) is 1. The van der Waals surface area contributed by atoms with Crippen LogP contribution in [-0.4, -0.2) is 26.7 Å². The number of ether oxygens (including phenoxy) is 1. The molecular weight excluding hydrogens is 362 g/mol. The van der Waals surface area contributed by atoms with Gasteiger partial charge in [-0.1, -0.05) is 17.7 Å². The monoisotopic (exact) mass is 379 g/mol. The van der Waals surface area contributed by atoms with Crippen molar-refractivity contribution < 1.29 is 22.7 Å². The molecule has 3 rings (SSSR count). The van der Waals surface area contributed by atoms with E-state index in [-0.39, 0.29) is 22.7 Å². The Bertz CT molecular complexity index is 826. The van der Waals surface area contributed by atoms with Gasteiger partial charge < -0.3 is 9.64 Å². The lowest BCUT2D eigenvalue weighted by Crippen LogP contribution is -2.39. The summed E-state index contributed by atoms with van der Waals surface area (Å²) in [5.41, 5.74) is 3.15. The van der Waals surface area contributed by atoms with E-state index < -0.39 is 6.36 Å². The molecule has 136 valence electrons. The SMILES string of the molecule is BC1CN(C(=O)c2ccc(OC(F)(F)F)cc2)c2ccc(C)cc2[C@@H]1S. The zero-order valence-electron chi connectivity index (χ0n) is 14.2. The Balaban J connectivity index is 1.89. The predicted octanol–water partition coefficient (Wildman–Crippen LogP) is 3.95. The summed E-state index contributed by atoms with van der Waals surface area (Å²) >= 11 is 4.67. The van der Waals surface area contributed by atoms with E-state index in [1.54, 1.807) is 4.90 Å². The molecule has 0 aliphatic carbocycles. The average Bonchev–Trinajstić information content (AvgIpc) is 2.57. The Kier molecular flexibility index (Phi) is 4.97. The number of alkyl halides is 3. The first-order valence-electron chi connectivity index (χ1n) is 8.12. The van der Waals surface area contributed by atoms with Gasteiger partial charge in [-0.05, 0) is 48.6 Å². The molecule has 0 N–H and O–H groups in total. The fourth-order valence-electron chi connectivity index (χ4n) is 3.10. The van der Waals surface area contributed by atoms with Crippen molar-refractivity contribution in [2.75, 3.05) is 11.4 Å². The van der Waals surface area contributed by atoms with Crippen LogP contribution in [0.5, 0.6) is 5.75 Å². The first-order valence-corrected chi connectivity index (χ1v) is 8.63. The minimum atomic E-state index is -4.76. The highest BCUT2D eigenvalue weighted by Gasteiger charge is 2.33. The number of thiol groups is 1. The maximum Gasteiger partial charge on any atom is 0.573 e. The summed E-state index contributed by atoms with van der Waals surface area (Å²) in [5.74, 6) is -0.474. The van der Waals surface area contributed by atoms with Gasteiger partial charge in [0.15, 0.2) is 0 Å². The second-order valence-corrected chi connectivity index (χ2v) is 7.03. The van der Waals surface area contributed by atoms with Gasteiger partial charge in [0, 0.05) is 23.0 Å². The highest BCUT2D eigenvalue weighted by molar-refractivity contribution is 7.80. The number of fused-ring (bicyclic) bond motifs is 1. The molecule has 2 aromatic carbocycles. The van der Waals surface area contributed by atoms with Gasteiger partial charge in [0.2, 0.25) is 0 Å². The molecule has 1 aliphatic rings. The number of halogens is 3. The highest BCUT2D eigenvalue weighted by Crippen LogP contribution is 2.43. The number of amides is 1. The van der Waals surface area contributed by atoms with Crippen molar-refractivity contribution in [1.29, 1.82) is 0 Å². The Morgan fingerprint density at radius 2 is 1.88 bits per heavy atom. The second-order valence-electron chi connectivity index (χ2n) is 6.47. The summed E-state index contributed by atoms with van der Waals surface area (Å²) in [6, 6.07) is 10.8. The molecule has 0 saturated heterocycles. The Labute approximate surface area is 156 Å². The van der Waals surface area contributed by atoms with E-state index in [1.807, 2.05) is 33.0 Å². The molecule has 0 saturated carbocycles. The summed E-state index contributed by atoms with van der Waals surface area (Å²) in [7, 11) is 2.02. The molecule has 0 radical (unpaired) electrons. The Hall–Kier alpha value is -2.09. The van der Waals surface area contributed by atoms with Crippen LogP contribution in [-0.2, 0) is 0 Å². The Morgan fingerprint density at radius 1 is 1.23 bits per heavy atom.